The smallest absolute Gasteiger partial charge is 0.330 e. The van der Waals surface area contributed by atoms with Gasteiger partial charge in [-0.25, -0.2) is 14.0 Å². The predicted octanol–water partition coefficient (Wildman–Crippen LogP) is 3.13. The lowest BCUT2D eigenvalue weighted by molar-refractivity contribution is -0.140. The maximum absolute atomic E-state index is 13.2. The first-order valence-corrected chi connectivity index (χ1v) is 7.58. The molecule has 0 saturated heterocycles. The number of amides is 2. The average molecular weight is 349 g/mol. The molecular formula is C17H14ClFN2O3. The highest BCUT2D eigenvalue weighted by Crippen LogP contribution is 2.54. The molecule has 2 aromatic rings. The lowest BCUT2D eigenvalue weighted by Gasteiger charge is -2.16. The van der Waals surface area contributed by atoms with Gasteiger partial charge in [0.05, 0.1) is 0 Å². The molecular weight excluding hydrogens is 335 g/mol. The zero-order chi connectivity index (χ0) is 17.5. The maximum Gasteiger partial charge on any atom is 0.330 e. The lowest BCUT2D eigenvalue weighted by atomic mass is 9.94. The Labute approximate surface area is 142 Å². The summed E-state index contributed by atoms with van der Waals surface area (Å²) in [6, 6.07) is 10.1. The molecule has 2 atom stereocenters. The summed E-state index contributed by atoms with van der Waals surface area (Å²) in [4.78, 5) is 22.8. The molecule has 7 heteroatoms. The summed E-state index contributed by atoms with van der Waals surface area (Å²) in [6.07, 6.45) is 0.208. The topological polar surface area (TPSA) is 92.4 Å². The highest BCUT2D eigenvalue weighted by Gasteiger charge is 2.62. The largest absolute Gasteiger partial charge is 0.479 e. The molecule has 1 aliphatic carbocycles. The molecule has 0 spiro atoms. The van der Waals surface area contributed by atoms with Gasteiger partial charge in [0.1, 0.15) is 11.4 Å². The number of nitrogens with one attached hydrogen (secondary N) is 1. The third kappa shape index (κ3) is 2.80. The SMILES string of the molecule is NC(=O)NC1(C(=O)O)CC1c1cc(Cl)ccc1-c1ccc(F)cc1. The van der Waals surface area contributed by atoms with Crippen LogP contribution in [0.4, 0.5) is 9.18 Å². The van der Waals surface area contributed by atoms with Crippen LogP contribution in [0, 0.1) is 5.82 Å². The van der Waals surface area contributed by atoms with Gasteiger partial charge in [0.25, 0.3) is 0 Å². The average Bonchev–Trinajstić information content (AvgIpc) is 3.23. The molecule has 124 valence electrons. The van der Waals surface area contributed by atoms with Crippen molar-refractivity contribution in [1.82, 2.24) is 5.32 Å². The number of nitrogens with two attached hydrogens (primary N) is 1. The number of primary amides is 1. The Kier molecular flexibility index (Phi) is 3.93. The van der Waals surface area contributed by atoms with Crippen LogP contribution in [0.3, 0.4) is 0 Å². The first-order chi connectivity index (χ1) is 11.3. The standard InChI is InChI=1S/C17H14ClFN2O3/c18-10-3-6-12(9-1-4-11(19)5-2-9)13(7-10)14-8-17(14,15(22)23)21-16(20)24/h1-7,14H,8H2,(H,22,23)(H3,20,21,24). The van der Waals surface area contributed by atoms with Gasteiger partial charge in [0, 0.05) is 10.9 Å². The van der Waals surface area contributed by atoms with Gasteiger partial charge in [-0.05, 0) is 47.4 Å². The van der Waals surface area contributed by atoms with Crippen molar-refractivity contribution >= 4 is 23.6 Å². The van der Waals surface area contributed by atoms with Crippen LogP contribution in [0.5, 0.6) is 0 Å². The number of carbonyl (C=O) groups is 2. The summed E-state index contributed by atoms with van der Waals surface area (Å²) in [7, 11) is 0. The summed E-state index contributed by atoms with van der Waals surface area (Å²) >= 11 is 6.06. The normalized spacial score (nSPS) is 22.0. The minimum absolute atomic E-state index is 0.208. The predicted molar refractivity (Wildman–Crippen MR) is 87.3 cm³/mol. The fraction of sp³-hybridized carbons (Fsp3) is 0.176. The molecule has 0 aromatic heterocycles. The zero-order valence-electron chi connectivity index (χ0n) is 12.4. The van der Waals surface area contributed by atoms with E-state index in [1.807, 2.05) is 0 Å². The monoisotopic (exact) mass is 348 g/mol. The molecule has 4 N–H and O–H groups in total. The zero-order valence-corrected chi connectivity index (χ0v) is 13.2. The van der Waals surface area contributed by atoms with E-state index in [-0.39, 0.29) is 12.2 Å². The quantitative estimate of drug-likeness (QED) is 0.792. The highest BCUT2D eigenvalue weighted by atomic mass is 35.5. The van der Waals surface area contributed by atoms with E-state index in [9.17, 15) is 19.1 Å². The molecule has 0 bridgehead atoms. The third-order valence-electron chi connectivity index (χ3n) is 4.23. The second kappa shape index (κ2) is 5.79. The molecule has 1 aliphatic rings. The second-order valence-corrected chi connectivity index (χ2v) is 6.20. The van der Waals surface area contributed by atoms with E-state index in [0.29, 0.717) is 10.6 Å². The molecule has 5 nitrogen and oxygen atoms in total. The number of aliphatic carboxylic acids is 1. The molecule has 1 saturated carbocycles. The van der Waals surface area contributed by atoms with Crippen LogP contribution < -0.4 is 11.1 Å². The Morgan fingerprint density at radius 3 is 2.50 bits per heavy atom. The maximum atomic E-state index is 13.2. The summed E-state index contributed by atoms with van der Waals surface area (Å²) in [5, 5.41) is 12.3. The Morgan fingerprint density at radius 2 is 1.92 bits per heavy atom. The third-order valence-corrected chi connectivity index (χ3v) is 4.47. The van der Waals surface area contributed by atoms with Gasteiger partial charge in [-0.15, -0.1) is 0 Å². The minimum Gasteiger partial charge on any atom is -0.479 e. The van der Waals surface area contributed by atoms with Crippen molar-refractivity contribution in [3.63, 3.8) is 0 Å². The second-order valence-electron chi connectivity index (χ2n) is 5.76. The van der Waals surface area contributed by atoms with Gasteiger partial charge in [-0.1, -0.05) is 29.8 Å². The summed E-state index contributed by atoms with van der Waals surface area (Å²) in [6.45, 7) is 0. The van der Waals surface area contributed by atoms with E-state index < -0.39 is 23.5 Å². The molecule has 0 radical (unpaired) electrons. The number of carboxylic acid groups (broad SMARTS) is 1. The van der Waals surface area contributed by atoms with Crippen LogP contribution in [0.1, 0.15) is 17.9 Å². The summed E-state index contributed by atoms with van der Waals surface area (Å²) < 4.78 is 13.2. The van der Waals surface area contributed by atoms with Crippen molar-refractivity contribution < 1.29 is 19.1 Å². The minimum atomic E-state index is -1.44. The van der Waals surface area contributed by atoms with Gasteiger partial charge < -0.3 is 16.2 Å². The van der Waals surface area contributed by atoms with E-state index in [1.54, 1.807) is 30.3 Å². The van der Waals surface area contributed by atoms with E-state index in [2.05, 4.69) is 5.32 Å². The molecule has 2 aromatic carbocycles. The van der Waals surface area contributed by atoms with Crippen LogP contribution in [-0.4, -0.2) is 22.6 Å². The van der Waals surface area contributed by atoms with E-state index in [1.165, 1.54) is 12.1 Å². The lowest BCUT2D eigenvalue weighted by Crippen LogP contribution is -2.47. The van der Waals surface area contributed by atoms with Crippen molar-refractivity contribution in [2.45, 2.75) is 17.9 Å². The Bertz CT molecular complexity index is 825. The van der Waals surface area contributed by atoms with Gasteiger partial charge in [-0.3, -0.25) is 0 Å². The van der Waals surface area contributed by atoms with E-state index >= 15 is 0 Å². The van der Waals surface area contributed by atoms with Crippen molar-refractivity contribution in [3.05, 3.63) is 58.9 Å². The van der Waals surface area contributed by atoms with Crippen LogP contribution in [0.25, 0.3) is 11.1 Å². The summed E-state index contributed by atoms with van der Waals surface area (Å²) in [5.74, 6) is -1.99. The van der Waals surface area contributed by atoms with Crippen molar-refractivity contribution in [2.75, 3.05) is 0 Å². The van der Waals surface area contributed by atoms with Crippen LogP contribution in [0.2, 0.25) is 5.02 Å². The number of halogens is 2. The van der Waals surface area contributed by atoms with Crippen molar-refractivity contribution in [3.8, 4) is 11.1 Å². The molecule has 2 unspecified atom stereocenters. The number of urea groups is 1. The van der Waals surface area contributed by atoms with Gasteiger partial charge in [0.2, 0.25) is 0 Å². The molecule has 1 fully saturated rings. The molecule has 0 heterocycles. The number of rotatable bonds is 4. The molecule has 2 amide bonds. The van der Waals surface area contributed by atoms with Crippen LogP contribution in [-0.2, 0) is 4.79 Å². The van der Waals surface area contributed by atoms with Gasteiger partial charge in [0.15, 0.2) is 0 Å². The Balaban J connectivity index is 2.05. The van der Waals surface area contributed by atoms with Crippen LogP contribution in [0.15, 0.2) is 42.5 Å². The Morgan fingerprint density at radius 1 is 1.25 bits per heavy atom. The van der Waals surface area contributed by atoms with Gasteiger partial charge >= 0.3 is 12.0 Å². The molecule has 0 aliphatic heterocycles. The van der Waals surface area contributed by atoms with Crippen molar-refractivity contribution in [2.24, 2.45) is 5.73 Å². The Hall–Kier alpha value is -2.60. The number of carbonyl (C=O) groups excluding carboxylic acids is 1. The van der Waals surface area contributed by atoms with Gasteiger partial charge in [-0.2, -0.15) is 0 Å². The fourth-order valence-electron chi connectivity index (χ4n) is 3.00. The highest BCUT2D eigenvalue weighted by molar-refractivity contribution is 6.30. The number of carboxylic acids is 1. The summed E-state index contributed by atoms with van der Waals surface area (Å²) in [5.41, 5.74) is 5.81. The van der Waals surface area contributed by atoms with E-state index in [4.69, 9.17) is 17.3 Å². The number of benzene rings is 2. The first-order valence-electron chi connectivity index (χ1n) is 7.20. The van der Waals surface area contributed by atoms with E-state index in [0.717, 1.165) is 11.1 Å². The molecule has 3 rings (SSSR count). The fourth-order valence-corrected chi connectivity index (χ4v) is 3.18. The molecule has 24 heavy (non-hydrogen) atoms. The number of hydrogen-bond donors (Lipinski definition) is 3. The van der Waals surface area contributed by atoms with Crippen molar-refractivity contribution in [1.29, 1.82) is 0 Å². The number of hydrogen-bond acceptors (Lipinski definition) is 2. The first kappa shape index (κ1) is 16.3. The van der Waals surface area contributed by atoms with Crippen LogP contribution >= 0.6 is 11.6 Å².